The Kier molecular flexibility index (Phi) is 4.29. The first kappa shape index (κ1) is 14.6. The summed E-state index contributed by atoms with van der Waals surface area (Å²) in [6, 6.07) is 7.70. The second-order valence-electron chi connectivity index (χ2n) is 5.67. The van der Waals surface area contributed by atoms with Crippen LogP contribution in [0.5, 0.6) is 0 Å². The summed E-state index contributed by atoms with van der Waals surface area (Å²) in [7, 11) is 0. The molecule has 0 amide bonds. The summed E-state index contributed by atoms with van der Waals surface area (Å²) in [5.41, 5.74) is 3.09. The Morgan fingerprint density at radius 3 is 2.95 bits per heavy atom. The molecule has 0 spiro atoms. The van der Waals surface area contributed by atoms with Crippen LogP contribution in [0.25, 0.3) is 5.69 Å². The SMILES string of the molecule is Cc1nn(-c2ccccc2Cl)cc1CN1CCC[C@H](O)C1. The lowest BCUT2D eigenvalue weighted by molar-refractivity contribution is 0.0667. The summed E-state index contributed by atoms with van der Waals surface area (Å²) in [4.78, 5) is 2.29. The van der Waals surface area contributed by atoms with E-state index in [1.165, 1.54) is 5.56 Å². The van der Waals surface area contributed by atoms with Crippen LogP contribution in [0.4, 0.5) is 0 Å². The van der Waals surface area contributed by atoms with E-state index < -0.39 is 0 Å². The molecule has 4 nitrogen and oxygen atoms in total. The summed E-state index contributed by atoms with van der Waals surface area (Å²) in [6.07, 6.45) is 3.81. The van der Waals surface area contributed by atoms with E-state index in [-0.39, 0.29) is 6.10 Å². The number of para-hydroxylation sites is 1. The highest BCUT2D eigenvalue weighted by Gasteiger charge is 2.19. The molecule has 3 rings (SSSR count). The van der Waals surface area contributed by atoms with Crippen LogP contribution in [-0.2, 0) is 6.54 Å². The highest BCUT2D eigenvalue weighted by Crippen LogP contribution is 2.22. The lowest BCUT2D eigenvalue weighted by atomic mass is 10.1. The summed E-state index contributed by atoms with van der Waals surface area (Å²) in [5.74, 6) is 0. The van der Waals surface area contributed by atoms with E-state index in [9.17, 15) is 5.11 Å². The van der Waals surface area contributed by atoms with E-state index in [0.29, 0.717) is 5.02 Å². The Bertz CT molecular complexity index is 626. The number of nitrogens with zero attached hydrogens (tertiary/aromatic N) is 3. The molecule has 1 fully saturated rings. The fourth-order valence-corrected chi connectivity index (χ4v) is 3.05. The number of hydrogen-bond acceptors (Lipinski definition) is 3. The van der Waals surface area contributed by atoms with Gasteiger partial charge in [-0.2, -0.15) is 5.10 Å². The number of aryl methyl sites for hydroxylation is 1. The number of piperidine rings is 1. The molecule has 0 bridgehead atoms. The van der Waals surface area contributed by atoms with Crippen molar-refractivity contribution in [3.05, 3.63) is 46.7 Å². The highest BCUT2D eigenvalue weighted by molar-refractivity contribution is 6.32. The topological polar surface area (TPSA) is 41.3 Å². The van der Waals surface area contributed by atoms with E-state index >= 15 is 0 Å². The molecule has 5 heteroatoms. The van der Waals surface area contributed by atoms with E-state index in [0.717, 1.165) is 43.9 Å². The molecule has 1 atom stereocenters. The first-order chi connectivity index (χ1) is 10.1. The third-order valence-electron chi connectivity index (χ3n) is 3.97. The zero-order chi connectivity index (χ0) is 14.8. The fourth-order valence-electron chi connectivity index (χ4n) is 2.83. The quantitative estimate of drug-likeness (QED) is 0.948. The maximum Gasteiger partial charge on any atom is 0.0831 e. The molecule has 1 aromatic heterocycles. The van der Waals surface area contributed by atoms with Crippen molar-refractivity contribution in [3.63, 3.8) is 0 Å². The van der Waals surface area contributed by atoms with E-state index in [1.807, 2.05) is 42.1 Å². The van der Waals surface area contributed by atoms with Crippen molar-refractivity contribution in [1.82, 2.24) is 14.7 Å². The van der Waals surface area contributed by atoms with Gasteiger partial charge in [0.2, 0.25) is 0 Å². The molecule has 1 aliphatic rings. The number of halogens is 1. The molecule has 1 aliphatic heterocycles. The molecule has 1 saturated heterocycles. The first-order valence-corrected chi connectivity index (χ1v) is 7.72. The number of rotatable bonds is 3. The predicted octanol–water partition coefficient (Wildman–Crippen LogP) is 2.79. The average Bonchev–Trinajstić information content (AvgIpc) is 2.80. The molecule has 112 valence electrons. The Hall–Kier alpha value is -1.36. The minimum atomic E-state index is -0.197. The average molecular weight is 306 g/mol. The van der Waals surface area contributed by atoms with Crippen molar-refractivity contribution in [1.29, 1.82) is 0 Å². The van der Waals surface area contributed by atoms with Crippen LogP contribution in [0, 0.1) is 6.92 Å². The van der Waals surface area contributed by atoms with Crippen LogP contribution in [-0.4, -0.2) is 39.0 Å². The molecule has 0 radical (unpaired) electrons. The first-order valence-electron chi connectivity index (χ1n) is 7.34. The number of hydrogen-bond donors (Lipinski definition) is 1. The van der Waals surface area contributed by atoms with Gasteiger partial charge in [-0.25, -0.2) is 4.68 Å². The Morgan fingerprint density at radius 1 is 1.38 bits per heavy atom. The van der Waals surface area contributed by atoms with Gasteiger partial charge in [-0.15, -0.1) is 0 Å². The molecule has 1 aromatic carbocycles. The minimum Gasteiger partial charge on any atom is -0.392 e. The summed E-state index contributed by atoms with van der Waals surface area (Å²) < 4.78 is 1.84. The van der Waals surface area contributed by atoms with Crippen molar-refractivity contribution >= 4 is 11.6 Å². The lowest BCUT2D eigenvalue weighted by Gasteiger charge is -2.29. The van der Waals surface area contributed by atoms with Gasteiger partial charge >= 0.3 is 0 Å². The van der Waals surface area contributed by atoms with Gasteiger partial charge in [-0.3, -0.25) is 4.90 Å². The Balaban J connectivity index is 1.80. The largest absolute Gasteiger partial charge is 0.392 e. The molecular weight excluding hydrogens is 286 g/mol. The van der Waals surface area contributed by atoms with Gasteiger partial charge < -0.3 is 5.11 Å². The van der Waals surface area contributed by atoms with Gasteiger partial charge in [0.15, 0.2) is 0 Å². The van der Waals surface area contributed by atoms with Crippen LogP contribution in [0.3, 0.4) is 0 Å². The molecule has 21 heavy (non-hydrogen) atoms. The zero-order valence-electron chi connectivity index (χ0n) is 12.2. The molecule has 0 saturated carbocycles. The van der Waals surface area contributed by atoms with Gasteiger partial charge in [0.1, 0.15) is 0 Å². The fraction of sp³-hybridized carbons (Fsp3) is 0.438. The van der Waals surface area contributed by atoms with Crippen molar-refractivity contribution in [3.8, 4) is 5.69 Å². The number of likely N-dealkylation sites (tertiary alicyclic amines) is 1. The van der Waals surface area contributed by atoms with Gasteiger partial charge in [0, 0.05) is 24.8 Å². The van der Waals surface area contributed by atoms with Gasteiger partial charge in [-0.1, -0.05) is 23.7 Å². The standard InChI is InChI=1S/C16H20ClN3O/c1-12-13(9-19-8-4-5-14(21)11-19)10-20(18-12)16-7-3-2-6-15(16)17/h2-3,6-7,10,14,21H,4-5,8-9,11H2,1H3/t14-/m0/s1. The smallest absolute Gasteiger partial charge is 0.0831 e. The number of aromatic nitrogens is 2. The second-order valence-corrected chi connectivity index (χ2v) is 6.07. The normalized spacial score (nSPS) is 19.9. The van der Waals surface area contributed by atoms with Crippen LogP contribution < -0.4 is 0 Å². The van der Waals surface area contributed by atoms with Crippen LogP contribution in [0.15, 0.2) is 30.5 Å². The van der Waals surface area contributed by atoms with E-state index in [2.05, 4.69) is 10.00 Å². The maximum absolute atomic E-state index is 9.77. The number of β-amino-alcohol motifs (C(OH)–C–C–N with tert-alkyl or cyclic N) is 1. The van der Waals surface area contributed by atoms with E-state index in [1.54, 1.807) is 0 Å². The number of aliphatic hydroxyl groups is 1. The second kappa shape index (κ2) is 6.18. The van der Waals surface area contributed by atoms with Crippen molar-refractivity contribution in [2.75, 3.05) is 13.1 Å². The zero-order valence-corrected chi connectivity index (χ0v) is 12.9. The summed E-state index contributed by atoms with van der Waals surface area (Å²) >= 11 is 6.23. The predicted molar refractivity (Wildman–Crippen MR) is 83.8 cm³/mol. The van der Waals surface area contributed by atoms with Crippen molar-refractivity contribution < 1.29 is 5.11 Å². The van der Waals surface area contributed by atoms with Gasteiger partial charge in [0.05, 0.1) is 22.5 Å². The highest BCUT2D eigenvalue weighted by atomic mass is 35.5. The third kappa shape index (κ3) is 3.28. The number of aliphatic hydroxyl groups excluding tert-OH is 1. The van der Waals surface area contributed by atoms with Crippen LogP contribution in [0.2, 0.25) is 5.02 Å². The Labute approximate surface area is 130 Å². The molecule has 2 heterocycles. The third-order valence-corrected chi connectivity index (χ3v) is 4.29. The Morgan fingerprint density at radius 2 is 2.19 bits per heavy atom. The summed E-state index contributed by atoms with van der Waals surface area (Å²) in [6.45, 7) is 4.63. The molecule has 2 aromatic rings. The molecular formula is C16H20ClN3O. The number of benzene rings is 1. The van der Waals surface area contributed by atoms with Crippen molar-refractivity contribution in [2.24, 2.45) is 0 Å². The summed E-state index contributed by atoms with van der Waals surface area (Å²) in [5, 5.41) is 15.0. The maximum atomic E-state index is 9.77. The van der Waals surface area contributed by atoms with Gasteiger partial charge in [-0.05, 0) is 38.4 Å². The van der Waals surface area contributed by atoms with Crippen LogP contribution in [0.1, 0.15) is 24.1 Å². The van der Waals surface area contributed by atoms with Gasteiger partial charge in [0.25, 0.3) is 0 Å². The molecule has 0 unspecified atom stereocenters. The van der Waals surface area contributed by atoms with E-state index in [4.69, 9.17) is 11.6 Å². The van der Waals surface area contributed by atoms with Crippen molar-refractivity contribution in [2.45, 2.75) is 32.4 Å². The monoisotopic (exact) mass is 305 g/mol. The minimum absolute atomic E-state index is 0.197. The molecule has 0 aliphatic carbocycles. The lowest BCUT2D eigenvalue weighted by Crippen LogP contribution is -2.37. The van der Waals surface area contributed by atoms with Crippen LogP contribution >= 0.6 is 11.6 Å². The molecule has 1 N–H and O–H groups in total.